The lowest BCUT2D eigenvalue weighted by Gasteiger charge is -2.35. The highest BCUT2D eigenvalue weighted by Crippen LogP contribution is 2.64. The lowest BCUT2D eigenvalue weighted by atomic mass is 9.68. The second-order valence-electron chi connectivity index (χ2n) is 17.1. The fourth-order valence-electron chi connectivity index (χ4n) is 11.8. The molecule has 0 atom stereocenters. The van der Waals surface area contributed by atoms with Crippen LogP contribution in [0.25, 0.3) is 44.5 Å². The van der Waals surface area contributed by atoms with Gasteiger partial charge in [0.25, 0.3) is 0 Å². The predicted molar refractivity (Wildman–Crippen MR) is 260 cm³/mol. The first-order valence-corrected chi connectivity index (χ1v) is 22.0. The third-order valence-corrected chi connectivity index (χ3v) is 14.2. The highest BCUT2D eigenvalue weighted by molar-refractivity contribution is 6.01. The van der Waals surface area contributed by atoms with Gasteiger partial charge in [-0.25, -0.2) is 0 Å². The maximum Gasteiger partial charge on any atom is 0.0725 e. The molecule has 0 radical (unpaired) electrons. The first kappa shape index (κ1) is 35.7. The molecule has 0 aromatic heterocycles. The van der Waals surface area contributed by atoms with Gasteiger partial charge in [0.05, 0.1) is 22.2 Å². The second kappa shape index (κ2) is 13.8. The summed E-state index contributed by atoms with van der Waals surface area (Å²) in [5.74, 6) is 0. The van der Waals surface area contributed by atoms with E-state index in [1.165, 1.54) is 89.0 Å². The van der Waals surface area contributed by atoms with Gasteiger partial charge in [-0.2, -0.15) is 0 Å². The van der Waals surface area contributed by atoms with Gasteiger partial charge in [-0.1, -0.05) is 224 Å². The van der Waals surface area contributed by atoms with E-state index >= 15 is 0 Å². The van der Waals surface area contributed by atoms with Crippen molar-refractivity contribution in [3.63, 3.8) is 0 Å². The molecule has 10 aromatic rings. The third kappa shape index (κ3) is 4.82. The summed E-state index contributed by atoms with van der Waals surface area (Å²) < 4.78 is 0. The van der Waals surface area contributed by atoms with Crippen molar-refractivity contribution in [2.75, 3.05) is 4.90 Å². The number of hydrogen-bond acceptors (Lipinski definition) is 1. The lowest BCUT2D eigenvalue weighted by molar-refractivity contribution is 0.768. The van der Waals surface area contributed by atoms with E-state index in [0.29, 0.717) is 0 Å². The molecule has 0 bridgehead atoms. The summed E-state index contributed by atoms with van der Waals surface area (Å²) in [4.78, 5) is 2.55. The molecule has 0 heterocycles. The van der Waals surface area contributed by atoms with Gasteiger partial charge in [0, 0.05) is 16.8 Å². The number of nitrogens with zero attached hydrogens (tertiary/aromatic N) is 1. The van der Waals surface area contributed by atoms with Crippen LogP contribution in [0.4, 0.5) is 17.1 Å². The van der Waals surface area contributed by atoms with Crippen molar-refractivity contribution in [3.05, 3.63) is 293 Å². The number of hydrogen-bond donors (Lipinski definition) is 0. The molecule has 10 aromatic carbocycles. The van der Waals surface area contributed by atoms with Gasteiger partial charge >= 0.3 is 0 Å². The zero-order valence-electron chi connectivity index (χ0n) is 34.6. The van der Waals surface area contributed by atoms with E-state index in [0.717, 1.165) is 17.1 Å². The minimum atomic E-state index is -0.526. The van der Waals surface area contributed by atoms with Gasteiger partial charge < -0.3 is 4.90 Å². The third-order valence-electron chi connectivity index (χ3n) is 14.2. The quantitative estimate of drug-likeness (QED) is 0.162. The summed E-state index contributed by atoms with van der Waals surface area (Å²) in [6, 6.07) is 92.6. The Hall–Kier alpha value is -8.00. The summed E-state index contributed by atoms with van der Waals surface area (Å²) >= 11 is 0. The van der Waals surface area contributed by atoms with E-state index < -0.39 is 10.8 Å². The minimum absolute atomic E-state index is 0.414. The Kier molecular flexibility index (Phi) is 7.80. The molecule has 1 spiro atoms. The van der Waals surface area contributed by atoms with Crippen molar-refractivity contribution in [1.82, 2.24) is 0 Å². The molecular weight excluding hydrogens is 759 g/mol. The molecule has 0 amide bonds. The molecule has 0 N–H and O–H groups in total. The molecule has 0 saturated heterocycles. The molecule has 0 unspecified atom stereocenters. The Bertz CT molecular complexity index is 3320. The molecule has 63 heavy (non-hydrogen) atoms. The summed E-state index contributed by atoms with van der Waals surface area (Å²) in [6.45, 7) is 0. The Labute approximate surface area is 368 Å². The van der Waals surface area contributed by atoms with Crippen LogP contribution in [0.15, 0.2) is 249 Å². The van der Waals surface area contributed by atoms with Crippen molar-refractivity contribution in [1.29, 1.82) is 0 Å². The van der Waals surface area contributed by atoms with Crippen LogP contribution < -0.4 is 4.90 Å². The summed E-state index contributed by atoms with van der Waals surface area (Å²) in [5.41, 5.74) is 23.0. The van der Waals surface area contributed by atoms with E-state index in [9.17, 15) is 0 Å². The zero-order valence-corrected chi connectivity index (χ0v) is 34.6. The van der Waals surface area contributed by atoms with Gasteiger partial charge in [0.1, 0.15) is 0 Å². The number of rotatable bonds is 6. The Balaban J connectivity index is 1.12. The molecule has 1 nitrogen and oxygen atoms in total. The van der Waals surface area contributed by atoms with Gasteiger partial charge in [0.2, 0.25) is 0 Å². The van der Waals surface area contributed by atoms with Crippen LogP contribution in [0.5, 0.6) is 0 Å². The van der Waals surface area contributed by atoms with Crippen molar-refractivity contribution in [3.8, 4) is 44.5 Å². The van der Waals surface area contributed by atoms with E-state index in [-0.39, 0.29) is 0 Å². The maximum absolute atomic E-state index is 2.55. The van der Waals surface area contributed by atoms with E-state index in [2.05, 4.69) is 254 Å². The predicted octanol–water partition coefficient (Wildman–Crippen LogP) is 15.5. The van der Waals surface area contributed by atoms with Gasteiger partial charge in [0.15, 0.2) is 0 Å². The van der Waals surface area contributed by atoms with Crippen molar-refractivity contribution < 1.29 is 0 Å². The summed E-state index contributed by atoms with van der Waals surface area (Å²) in [5, 5.41) is 0. The number of anilines is 3. The van der Waals surface area contributed by atoms with Gasteiger partial charge in [-0.3, -0.25) is 0 Å². The smallest absolute Gasteiger partial charge is 0.0725 e. The standard InChI is InChI=1S/C62H41N/c1-4-21-42(22-5-1)46-27-14-19-37-58(46)63(59-38-20-36-57-60(59)50-31-13-18-35-55(50)61(57,43-23-6-2-7-24-43)44-25-8-3-9-26-44)45-39-40-56-51(41-45)49-30-12-17-34-54(49)62(56)52-32-15-10-28-47(52)48-29-11-16-33-53(48)62/h1-41H. The average molecular weight is 800 g/mol. The monoisotopic (exact) mass is 799 g/mol. The average Bonchev–Trinajstić information content (AvgIpc) is 3.96. The first-order chi connectivity index (χ1) is 31.3. The molecule has 0 aliphatic heterocycles. The van der Waals surface area contributed by atoms with E-state index in [1.54, 1.807) is 0 Å². The first-order valence-electron chi connectivity index (χ1n) is 22.0. The number of benzene rings is 10. The Morgan fingerprint density at radius 1 is 0.254 bits per heavy atom. The summed E-state index contributed by atoms with van der Waals surface area (Å²) in [6.07, 6.45) is 0. The van der Waals surface area contributed by atoms with Crippen molar-refractivity contribution >= 4 is 17.1 Å². The lowest BCUT2D eigenvalue weighted by Crippen LogP contribution is -2.28. The maximum atomic E-state index is 2.55. The molecular formula is C62H41N. The Morgan fingerprint density at radius 3 is 1.25 bits per heavy atom. The van der Waals surface area contributed by atoms with Gasteiger partial charge in [-0.15, -0.1) is 0 Å². The minimum Gasteiger partial charge on any atom is -0.309 e. The fourth-order valence-corrected chi connectivity index (χ4v) is 11.8. The number of fused-ring (bicyclic) bond motifs is 13. The number of para-hydroxylation sites is 1. The molecule has 294 valence electrons. The molecule has 0 saturated carbocycles. The van der Waals surface area contributed by atoms with Crippen LogP contribution in [0, 0.1) is 0 Å². The van der Waals surface area contributed by atoms with Crippen LogP contribution in [0.2, 0.25) is 0 Å². The van der Waals surface area contributed by atoms with Crippen LogP contribution in [0.1, 0.15) is 44.5 Å². The molecule has 3 aliphatic rings. The van der Waals surface area contributed by atoms with E-state index in [1.807, 2.05) is 0 Å². The molecule has 13 rings (SSSR count). The molecule has 1 heteroatoms. The summed E-state index contributed by atoms with van der Waals surface area (Å²) in [7, 11) is 0. The highest BCUT2D eigenvalue weighted by atomic mass is 15.1. The van der Waals surface area contributed by atoms with E-state index in [4.69, 9.17) is 0 Å². The second-order valence-corrected chi connectivity index (χ2v) is 17.1. The largest absolute Gasteiger partial charge is 0.309 e. The van der Waals surface area contributed by atoms with Crippen molar-refractivity contribution in [2.45, 2.75) is 10.8 Å². The molecule has 3 aliphatic carbocycles. The van der Waals surface area contributed by atoms with Crippen LogP contribution in [-0.4, -0.2) is 0 Å². The highest BCUT2D eigenvalue weighted by Gasteiger charge is 2.52. The Morgan fingerprint density at radius 2 is 0.667 bits per heavy atom. The van der Waals surface area contributed by atoms with Gasteiger partial charge in [-0.05, 0) is 102 Å². The molecule has 0 fully saturated rings. The van der Waals surface area contributed by atoms with Crippen LogP contribution in [-0.2, 0) is 10.8 Å². The zero-order chi connectivity index (χ0) is 41.5. The fraction of sp³-hybridized carbons (Fsp3) is 0.0323. The van der Waals surface area contributed by atoms with Crippen molar-refractivity contribution in [2.24, 2.45) is 0 Å². The SMILES string of the molecule is c1ccc(-c2ccccc2N(c2ccc3c(c2)-c2ccccc2C32c3ccccc3-c3ccccc32)c2cccc3c2-c2ccccc2C3(c2ccccc2)c2ccccc2)cc1. The van der Waals surface area contributed by atoms with Crippen LogP contribution >= 0.6 is 0 Å². The normalized spacial score (nSPS) is 14.0. The topological polar surface area (TPSA) is 3.24 Å². The van der Waals surface area contributed by atoms with Crippen LogP contribution in [0.3, 0.4) is 0 Å².